The van der Waals surface area contributed by atoms with Crippen molar-refractivity contribution in [3.63, 3.8) is 0 Å². The van der Waals surface area contributed by atoms with Crippen molar-refractivity contribution in [2.45, 2.75) is 32.2 Å². The summed E-state index contributed by atoms with van der Waals surface area (Å²) in [5.74, 6) is 2.58. The molecule has 1 aliphatic rings. The first-order chi connectivity index (χ1) is 13.5. The van der Waals surface area contributed by atoms with Crippen LogP contribution >= 0.6 is 0 Å². The normalized spacial score (nSPS) is 18.5. The van der Waals surface area contributed by atoms with Crippen molar-refractivity contribution in [2.24, 2.45) is 7.05 Å². The summed E-state index contributed by atoms with van der Waals surface area (Å²) < 4.78 is 19.6. The first kappa shape index (κ1) is 20.5. The second-order valence-corrected chi connectivity index (χ2v) is 8.03. The highest BCUT2D eigenvalue weighted by molar-refractivity contribution is 5.47. The molecular formula is C23H34N2O3+2. The van der Waals surface area contributed by atoms with Gasteiger partial charge in [0.25, 0.3) is 0 Å². The van der Waals surface area contributed by atoms with Crippen LogP contribution in [0.5, 0.6) is 17.4 Å². The molecule has 152 valence electrons. The van der Waals surface area contributed by atoms with Crippen LogP contribution in [-0.2, 0) is 26.4 Å². The number of likely N-dealkylation sites (N-methyl/N-ethyl adjacent to an activating group) is 1. The Morgan fingerprint density at radius 1 is 0.964 bits per heavy atom. The van der Waals surface area contributed by atoms with Crippen LogP contribution in [0.3, 0.4) is 0 Å². The molecule has 0 aliphatic carbocycles. The monoisotopic (exact) mass is 386 g/mol. The predicted molar refractivity (Wildman–Crippen MR) is 110 cm³/mol. The summed E-state index contributed by atoms with van der Waals surface area (Å²) in [5.41, 5.74) is 4.12. The molecule has 0 spiro atoms. The Morgan fingerprint density at radius 3 is 2.36 bits per heavy atom. The summed E-state index contributed by atoms with van der Waals surface area (Å²) in [7, 11) is 9.59. The fourth-order valence-electron chi connectivity index (χ4n) is 4.28. The molecule has 3 rings (SSSR count). The van der Waals surface area contributed by atoms with Crippen LogP contribution in [0.4, 0.5) is 0 Å². The van der Waals surface area contributed by atoms with Gasteiger partial charge in [0.05, 0.1) is 47.5 Å². The Bertz CT molecular complexity index is 822. The van der Waals surface area contributed by atoms with Crippen molar-refractivity contribution in [3.05, 3.63) is 47.2 Å². The van der Waals surface area contributed by atoms with E-state index < -0.39 is 0 Å². The van der Waals surface area contributed by atoms with Crippen LogP contribution in [0.2, 0.25) is 0 Å². The average Bonchev–Trinajstić information content (AvgIpc) is 2.71. The van der Waals surface area contributed by atoms with E-state index in [4.69, 9.17) is 14.2 Å². The zero-order chi connectivity index (χ0) is 20.1. The SMILES string of the molecule is COc1cc2c(cc1OC)C[N+](C)(CCCCc1cccc(OC)[n+]1C)CC2. The molecule has 1 aliphatic heterocycles. The Balaban J connectivity index is 1.58. The van der Waals surface area contributed by atoms with Crippen molar-refractivity contribution in [1.29, 1.82) is 0 Å². The third-order valence-electron chi connectivity index (χ3n) is 6.06. The molecule has 0 amide bonds. The van der Waals surface area contributed by atoms with Crippen LogP contribution in [0.25, 0.3) is 0 Å². The largest absolute Gasteiger partial charge is 0.493 e. The van der Waals surface area contributed by atoms with Crippen LogP contribution in [0, 0.1) is 0 Å². The lowest BCUT2D eigenvalue weighted by molar-refractivity contribution is -0.924. The second kappa shape index (κ2) is 8.82. The number of benzene rings is 1. The quantitative estimate of drug-likeness (QED) is 0.397. The van der Waals surface area contributed by atoms with Gasteiger partial charge in [-0.3, -0.25) is 0 Å². The fraction of sp³-hybridized carbons (Fsp3) is 0.522. The topological polar surface area (TPSA) is 31.6 Å². The van der Waals surface area contributed by atoms with Crippen molar-refractivity contribution in [2.75, 3.05) is 41.5 Å². The predicted octanol–water partition coefficient (Wildman–Crippen LogP) is 3.06. The molecule has 0 saturated heterocycles. The van der Waals surface area contributed by atoms with Crippen molar-refractivity contribution < 1.29 is 23.3 Å². The maximum absolute atomic E-state index is 5.50. The van der Waals surface area contributed by atoms with E-state index in [1.807, 2.05) is 6.07 Å². The standard InChI is InChI=1S/C23H34N2O3/c1-24-20(10-8-11-23(24)28-5)9-6-7-13-25(2)14-12-18-15-21(26-3)22(27-4)16-19(18)17-25/h8,10-11,15-16H,6-7,9,12-14,17H2,1-5H3/q+2. The van der Waals surface area contributed by atoms with Crippen molar-refractivity contribution in [1.82, 2.24) is 0 Å². The van der Waals surface area contributed by atoms with E-state index in [0.717, 1.165) is 41.2 Å². The first-order valence-corrected chi connectivity index (χ1v) is 10.1. The van der Waals surface area contributed by atoms with E-state index in [9.17, 15) is 0 Å². The molecule has 0 saturated carbocycles. The van der Waals surface area contributed by atoms with Crippen LogP contribution in [0.15, 0.2) is 30.3 Å². The zero-order valence-electron chi connectivity index (χ0n) is 18.0. The summed E-state index contributed by atoms with van der Waals surface area (Å²) in [6.45, 7) is 3.43. The number of fused-ring (bicyclic) bond motifs is 1. The number of quaternary nitrogens is 1. The van der Waals surface area contributed by atoms with Crippen LogP contribution in [0.1, 0.15) is 29.7 Å². The molecule has 1 aromatic carbocycles. The molecule has 0 fully saturated rings. The summed E-state index contributed by atoms with van der Waals surface area (Å²) in [4.78, 5) is 0. The fourth-order valence-corrected chi connectivity index (χ4v) is 4.28. The van der Waals surface area contributed by atoms with Gasteiger partial charge in [-0.1, -0.05) is 0 Å². The molecule has 5 heteroatoms. The minimum atomic E-state index is 0.834. The van der Waals surface area contributed by atoms with E-state index in [0.29, 0.717) is 0 Å². The van der Waals surface area contributed by atoms with Crippen molar-refractivity contribution in [3.8, 4) is 17.4 Å². The van der Waals surface area contributed by atoms with Gasteiger partial charge in [-0.15, -0.1) is 0 Å². The van der Waals surface area contributed by atoms with Crippen LogP contribution in [-0.4, -0.2) is 45.9 Å². The highest BCUT2D eigenvalue weighted by atomic mass is 16.5. The first-order valence-electron chi connectivity index (χ1n) is 10.1. The van der Waals surface area contributed by atoms with Gasteiger partial charge in [0.1, 0.15) is 13.6 Å². The molecule has 0 N–H and O–H groups in total. The molecule has 0 bridgehead atoms. The number of aryl methyl sites for hydroxylation is 1. The Hall–Kier alpha value is -2.27. The maximum atomic E-state index is 5.50. The van der Waals surface area contributed by atoms with Crippen LogP contribution < -0.4 is 18.8 Å². The number of aromatic nitrogens is 1. The lowest BCUT2D eigenvalue weighted by Crippen LogP contribution is -2.48. The molecule has 5 nitrogen and oxygen atoms in total. The molecule has 28 heavy (non-hydrogen) atoms. The zero-order valence-corrected chi connectivity index (χ0v) is 18.0. The lowest BCUT2D eigenvalue weighted by atomic mass is 9.96. The van der Waals surface area contributed by atoms with Gasteiger partial charge in [0.2, 0.25) is 0 Å². The second-order valence-electron chi connectivity index (χ2n) is 8.03. The Labute approximate surface area is 169 Å². The Kier molecular flexibility index (Phi) is 6.45. The van der Waals surface area contributed by atoms with Gasteiger partial charge in [-0.05, 0) is 36.6 Å². The van der Waals surface area contributed by atoms with Gasteiger partial charge < -0.3 is 18.7 Å². The van der Waals surface area contributed by atoms with E-state index in [1.54, 1.807) is 21.3 Å². The highest BCUT2D eigenvalue weighted by Gasteiger charge is 2.29. The van der Waals surface area contributed by atoms with E-state index in [2.05, 4.69) is 42.9 Å². The summed E-state index contributed by atoms with van der Waals surface area (Å²) in [5, 5.41) is 0. The number of nitrogens with zero attached hydrogens (tertiary/aromatic N) is 2. The van der Waals surface area contributed by atoms with Gasteiger partial charge in [0.15, 0.2) is 17.2 Å². The minimum absolute atomic E-state index is 0.834. The van der Waals surface area contributed by atoms with E-state index in [-0.39, 0.29) is 0 Å². The third-order valence-corrected chi connectivity index (χ3v) is 6.06. The molecule has 1 aromatic heterocycles. The number of unbranched alkanes of at least 4 members (excludes halogenated alkanes) is 1. The number of hydrogen-bond donors (Lipinski definition) is 0. The Morgan fingerprint density at radius 2 is 1.68 bits per heavy atom. The smallest absolute Gasteiger partial charge is 0.367 e. The number of methoxy groups -OCH3 is 3. The summed E-state index contributed by atoms with van der Waals surface area (Å²) in [6, 6.07) is 10.6. The number of pyridine rings is 1. The summed E-state index contributed by atoms with van der Waals surface area (Å²) in [6.07, 6.45) is 4.58. The van der Waals surface area contributed by atoms with Gasteiger partial charge in [-0.25, -0.2) is 0 Å². The molecule has 0 radical (unpaired) electrons. The summed E-state index contributed by atoms with van der Waals surface area (Å²) >= 11 is 0. The number of ether oxygens (including phenoxy) is 3. The molecular weight excluding hydrogens is 352 g/mol. The third kappa shape index (κ3) is 4.41. The van der Waals surface area contributed by atoms with Gasteiger partial charge >= 0.3 is 5.88 Å². The van der Waals surface area contributed by atoms with E-state index >= 15 is 0 Å². The maximum Gasteiger partial charge on any atom is 0.367 e. The average molecular weight is 387 g/mol. The molecule has 1 atom stereocenters. The molecule has 1 unspecified atom stereocenters. The van der Waals surface area contributed by atoms with E-state index in [1.165, 1.54) is 42.8 Å². The van der Waals surface area contributed by atoms with Gasteiger partial charge in [-0.2, -0.15) is 4.57 Å². The highest BCUT2D eigenvalue weighted by Crippen LogP contribution is 2.34. The lowest BCUT2D eigenvalue weighted by Gasteiger charge is -2.39. The van der Waals surface area contributed by atoms with Crippen molar-refractivity contribution >= 4 is 0 Å². The number of hydrogen-bond acceptors (Lipinski definition) is 3. The minimum Gasteiger partial charge on any atom is -0.493 e. The molecule has 2 aromatic rings. The molecule has 2 heterocycles. The van der Waals surface area contributed by atoms with Gasteiger partial charge in [0, 0.05) is 24.5 Å². The number of rotatable bonds is 8.